The van der Waals surface area contributed by atoms with Crippen molar-refractivity contribution in [1.82, 2.24) is 14.8 Å². The van der Waals surface area contributed by atoms with Crippen LogP contribution in [0.2, 0.25) is 0 Å². The Labute approximate surface area is 194 Å². The molecule has 1 aromatic heterocycles. The van der Waals surface area contributed by atoms with Crippen LogP contribution in [0.1, 0.15) is 18.1 Å². The van der Waals surface area contributed by atoms with E-state index in [1.807, 2.05) is 6.20 Å². The fourth-order valence-electron chi connectivity index (χ4n) is 5.23. The lowest BCUT2D eigenvalue weighted by molar-refractivity contribution is 0.0101. The maximum atomic E-state index is 6.13. The van der Waals surface area contributed by atoms with Crippen molar-refractivity contribution in [1.29, 1.82) is 0 Å². The quantitative estimate of drug-likeness (QED) is 0.649. The number of piperazine rings is 1. The summed E-state index contributed by atoms with van der Waals surface area (Å²) in [5.41, 5.74) is 5.89. The molecule has 6 heteroatoms. The van der Waals surface area contributed by atoms with Gasteiger partial charge in [0, 0.05) is 68.0 Å². The summed E-state index contributed by atoms with van der Waals surface area (Å²) < 4.78 is 6.13. The molecule has 0 saturated carbocycles. The average molecular weight is 443 g/mol. The summed E-state index contributed by atoms with van der Waals surface area (Å²) >= 11 is 0. The van der Waals surface area contributed by atoms with Gasteiger partial charge in [-0.3, -0.25) is 9.80 Å². The fraction of sp³-hybridized carbons (Fsp3) is 0.370. The molecule has 0 spiro atoms. The number of hydrogen-bond donors (Lipinski definition) is 1. The molecular weight excluding hydrogens is 412 g/mol. The Morgan fingerprint density at radius 2 is 1.91 bits per heavy atom. The molecule has 33 heavy (non-hydrogen) atoms. The molecule has 4 heterocycles. The summed E-state index contributed by atoms with van der Waals surface area (Å²) in [6.07, 6.45) is 4.31. The largest absolute Gasteiger partial charge is 0.492 e. The van der Waals surface area contributed by atoms with Crippen LogP contribution in [0.15, 0.2) is 65.5 Å². The molecule has 2 aromatic carbocycles. The molecule has 1 saturated heterocycles. The summed E-state index contributed by atoms with van der Waals surface area (Å²) in [6.45, 7) is 9.06. The predicted octanol–water partition coefficient (Wildman–Crippen LogP) is 4.00. The zero-order chi connectivity index (χ0) is 22.2. The minimum absolute atomic E-state index is 0.0568. The number of ether oxygens (including phenoxy) is 1. The lowest BCUT2D eigenvalue weighted by Gasteiger charge is -2.36. The smallest absolute Gasteiger partial charge is 0.151 e. The van der Waals surface area contributed by atoms with Gasteiger partial charge in [-0.15, -0.1) is 0 Å². The molecular formula is C27H30N4O2. The highest BCUT2D eigenvalue weighted by Crippen LogP contribution is 2.36. The van der Waals surface area contributed by atoms with Crippen LogP contribution in [0, 0.1) is 5.92 Å². The topological polar surface area (TPSA) is 53.1 Å². The molecule has 2 unspecified atom stereocenters. The van der Waals surface area contributed by atoms with Crippen LogP contribution in [-0.2, 0) is 4.84 Å². The van der Waals surface area contributed by atoms with E-state index in [1.165, 1.54) is 16.5 Å². The Bertz CT molecular complexity index is 1190. The molecule has 0 amide bonds. The first-order chi connectivity index (χ1) is 16.2. The van der Waals surface area contributed by atoms with Crippen LogP contribution >= 0.6 is 0 Å². The number of rotatable bonds is 5. The van der Waals surface area contributed by atoms with Crippen molar-refractivity contribution in [2.24, 2.45) is 11.1 Å². The van der Waals surface area contributed by atoms with Crippen LogP contribution in [0.3, 0.4) is 0 Å². The Hall–Kier alpha value is -3.09. The predicted molar refractivity (Wildman–Crippen MR) is 132 cm³/mol. The summed E-state index contributed by atoms with van der Waals surface area (Å²) in [5.74, 6) is 1.10. The number of hydrogen-bond acceptors (Lipinski definition) is 5. The van der Waals surface area contributed by atoms with Crippen molar-refractivity contribution in [3.8, 4) is 5.75 Å². The van der Waals surface area contributed by atoms with Crippen molar-refractivity contribution in [2.75, 3.05) is 45.9 Å². The maximum absolute atomic E-state index is 6.13. The minimum Gasteiger partial charge on any atom is -0.492 e. The normalized spacial score (nSPS) is 23.5. The number of nitrogens with one attached hydrogen (secondary N) is 1. The van der Waals surface area contributed by atoms with E-state index in [0.717, 1.165) is 61.8 Å². The third-order valence-electron chi connectivity index (χ3n) is 7.02. The van der Waals surface area contributed by atoms with Gasteiger partial charge in [0.05, 0.1) is 5.92 Å². The SMILES string of the molecule is C/C(=C\c1ccccc1)CN1CCN(CC2ON=C3c4cc5cc[nH]c5cc4OCC32)CC1. The number of oxime groups is 1. The van der Waals surface area contributed by atoms with Gasteiger partial charge in [-0.2, -0.15) is 0 Å². The van der Waals surface area contributed by atoms with E-state index < -0.39 is 0 Å². The zero-order valence-electron chi connectivity index (χ0n) is 19.0. The third kappa shape index (κ3) is 4.16. The molecule has 2 atom stereocenters. The van der Waals surface area contributed by atoms with Crippen molar-refractivity contribution >= 4 is 22.7 Å². The number of aromatic amines is 1. The van der Waals surface area contributed by atoms with Gasteiger partial charge in [0.1, 0.15) is 18.1 Å². The van der Waals surface area contributed by atoms with Crippen LogP contribution in [0.25, 0.3) is 17.0 Å². The first-order valence-electron chi connectivity index (χ1n) is 11.9. The van der Waals surface area contributed by atoms with Crippen molar-refractivity contribution in [3.05, 3.63) is 71.4 Å². The first kappa shape index (κ1) is 20.5. The average Bonchev–Trinajstić information content (AvgIpc) is 3.46. The van der Waals surface area contributed by atoms with E-state index in [0.29, 0.717) is 6.61 Å². The van der Waals surface area contributed by atoms with E-state index >= 15 is 0 Å². The molecule has 6 rings (SSSR count). The molecule has 170 valence electrons. The second-order valence-electron chi connectivity index (χ2n) is 9.43. The van der Waals surface area contributed by atoms with Gasteiger partial charge in [0.15, 0.2) is 6.10 Å². The van der Waals surface area contributed by atoms with Crippen LogP contribution in [0.4, 0.5) is 0 Å². The van der Waals surface area contributed by atoms with Gasteiger partial charge in [-0.05, 0) is 24.6 Å². The second kappa shape index (κ2) is 8.69. The van der Waals surface area contributed by atoms with Crippen molar-refractivity contribution in [3.63, 3.8) is 0 Å². The fourth-order valence-corrected chi connectivity index (χ4v) is 5.23. The summed E-state index contributed by atoms with van der Waals surface area (Å²) in [5, 5.41) is 5.69. The Morgan fingerprint density at radius 1 is 1.09 bits per heavy atom. The molecule has 3 aromatic rings. The number of benzene rings is 2. The molecule has 0 aliphatic carbocycles. The van der Waals surface area contributed by atoms with Gasteiger partial charge in [0.2, 0.25) is 0 Å². The van der Waals surface area contributed by atoms with Crippen LogP contribution in [-0.4, -0.2) is 72.5 Å². The van der Waals surface area contributed by atoms with Gasteiger partial charge in [0.25, 0.3) is 0 Å². The molecule has 0 bridgehead atoms. The highest BCUT2D eigenvalue weighted by atomic mass is 16.6. The number of H-pyrrole nitrogens is 1. The monoisotopic (exact) mass is 442 g/mol. The second-order valence-corrected chi connectivity index (χ2v) is 9.43. The van der Waals surface area contributed by atoms with Crippen molar-refractivity contribution < 1.29 is 9.57 Å². The lowest BCUT2D eigenvalue weighted by Crippen LogP contribution is -2.50. The van der Waals surface area contributed by atoms with E-state index in [2.05, 4.69) is 81.5 Å². The Balaban J connectivity index is 1.04. The van der Waals surface area contributed by atoms with E-state index in [4.69, 9.17) is 9.57 Å². The van der Waals surface area contributed by atoms with Gasteiger partial charge in [-0.25, -0.2) is 0 Å². The van der Waals surface area contributed by atoms with Crippen LogP contribution < -0.4 is 4.74 Å². The number of fused-ring (bicyclic) bond motifs is 4. The van der Waals surface area contributed by atoms with Gasteiger partial charge >= 0.3 is 0 Å². The maximum Gasteiger partial charge on any atom is 0.151 e. The van der Waals surface area contributed by atoms with Gasteiger partial charge in [-0.1, -0.05) is 47.1 Å². The standard InChI is InChI=1S/C27H30N4O2/c1-19(13-20-5-3-2-4-6-20)16-30-9-11-31(12-10-30)17-26-23-18-32-25-15-24-21(7-8-28-24)14-22(25)27(23)29-33-26/h2-8,13-15,23,26,28H,9-12,16-18H2,1H3/b19-13+. The summed E-state index contributed by atoms with van der Waals surface area (Å²) in [6, 6.07) is 16.9. The van der Waals surface area contributed by atoms with Crippen molar-refractivity contribution in [2.45, 2.75) is 13.0 Å². The first-order valence-corrected chi connectivity index (χ1v) is 11.9. The number of aromatic nitrogens is 1. The molecule has 0 radical (unpaired) electrons. The molecule has 3 aliphatic rings. The molecule has 1 fully saturated rings. The Morgan fingerprint density at radius 3 is 2.76 bits per heavy atom. The molecule has 3 aliphatic heterocycles. The zero-order valence-corrected chi connectivity index (χ0v) is 19.0. The van der Waals surface area contributed by atoms with Crippen LogP contribution in [0.5, 0.6) is 5.75 Å². The number of nitrogens with zero attached hydrogens (tertiary/aromatic N) is 3. The summed E-state index contributed by atoms with van der Waals surface area (Å²) in [4.78, 5) is 14.3. The van der Waals surface area contributed by atoms with E-state index in [1.54, 1.807) is 0 Å². The molecule has 1 N–H and O–H groups in total. The van der Waals surface area contributed by atoms with Gasteiger partial charge < -0.3 is 14.6 Å². The van der Waals surface area contributed by atoms with E-state index in [9.17, 15) is 0 Å². The van der Waals surface area contributed by atoms with E-state index in [-0.39, 0.29) is 12.0 Å². The summed E-state index contributed by atoms with van der Waals surface area (Å²) in [7, 11) is 0. The Kier molecular flexibility index (Phi) is 5.40. The highest BCUT2D eigenvalue weighted by Gasteiger charge is 2.41. The lowest BCUT2D eigenvalue weighted by atomic mass is 9.89. The molecule has 6 nitrogen and oxygen atoms in total. The minimum atomic E-state index is 0.0568. The third-order valence-corrected chi connectivity index (χ3v) is 7.02. The highest BCUT2D eigenvalue weighted by molar-refractivity contribution is 6.08.